The molecule has 4 aliphatic rings. The minimum atomic E-state index is -0.593. The van der Waals surface area contributed by atoms with E-state index in [9.17, 15) is 14.4 Å². The highest BCUT2D eigenvalue weighted by Gasteiger charge is 2.50. The molecule has 2 aliphatic carbocycles. The molecule has 0 bridgehead atoms. The number of fused-ring (bicyclic) bond motifs is 1. The molecule has 1 unspecified atom stereocenters. The molecule has 2 heterocycles. The monoisotopic (exact) mass is 479 g/mol. The second kappa shape index (κ2) is 8.35. The Labute approximate surface area is 207 Å². The quantitative estimate of drug-likeness (QED) is 0.695. The Morgan fingerprint density at radius 1 is 1.09 bits per heavy atom. The van der Waals surface area contributed by atoms with E-state index < -0.39 is 5.66 Å². The van der Waals surface area contributed by atoms with Crippen LogP contribution in [0.4, 0.5) is 10.5 Å². The first kappa shape index (κ1) is 23.8. The van der Waals surface area contributed by atoms with Gasteiger partial charge in [0.05, 0.1) is 5.54 Å². The molecule has 2 N–H and O–H groups in total. The lowest BCUT2D eigenvalue weighted by atomic mass is 9.89. The Hall–Kier alpha value is -2.90. The van der Waals surface area contributed by atoms with Crippen molar-refractivity contribution in [1.82, 2.24) is 15.1 Å². The number of amides is 4. The summed E-state index contributed by atoms with van der Waals surface area (Å²) in [5, 5.41) is 5.97. The van der Waals surface area contributed by atoms with Crippen LogP contribution in [0.5, 0.6) is 0 Å². The molecule has 2 spiro atoms. The second-order valence-electron chi connectivity index (χ2n) is 11.8. The third-order valence-corrected chi connectivity index (χ3v) is 8.30. The SMILES string of the molecule is CN1C(=O)NCC12Cc1ccc(NC(=O)CN3C(=O)C(C(C)(C)C)=NC34CCCCCC4)cc1C2. The fraction of sp³-hybridized carbons (Fsp3) is 0.630. The van der Waals surface area contributed by atoms with Gasteiger partial charge in [-0.2, -0.15) is 0 Å². The highest BCUT2D eigenvalue weighted by atomic mass is 16.2. The summed E-state index contributed by atoms with van der Waals surface area (Å²) in [5.41, 5.74) is 2.49. The summed E-state index contributed by atoms with van der Waals surface area (Å²) < 4.78 is 0. The van der Waals surface area contributed by atoms with Crippen LogP contribution in [0.25, 0.3) is 0 Å². The number of hydrogen-bond acceptors (Lipinski definition) is 4. The molecule has 5 rings (SSSR count). The third-order valence-electron chi connectivity index (χ3n) is 8.30. The maximum absolute atomic E-state index is 13.5. The normalized spacial score (nSPS) is 25.7. The van der Waals surface area contributed by atoms with Crippen LogP contribution in [0.1, 0.15) is 70.4 Å². The first-order chi connectivity index (χ1) is 16.5. The average molecular weight is 480 g/mol. The van der Waals surface area contributed by atoms with Gasteiger partial charge in [0.25, 0.3) is 5.91 Å². The average Bonchev–Trinajstić information content (AvgIpc) is 3.30. The summed E-state index contributed by atoms with van der Waals surface area (Å²) >= 11 is 0. The van der Waals surface area contributed by atoms with Gasteiger partial charge in [0.2, 0.25) is 5.91 Å². The molecule has 1 saturated heterocycles. The number of benzene rings is 1. The van der Waals surface area contributed by atoms with Gasteiger partial charge in [-0.25, -0.2) is 4.79 Å². The van der Waals surface area contributed by atoms with E-state index in [2.05, 4.69) is 10.6 Å². The molecule has 1 aromatic rings. The molecule has 0 radical (unpaired) electrons. The van der Waals surface area contributed by atoms with Gasteiger partial charge in [-0.15, -0.1) is 0 Å². The van der Waals surface area contributed by atoms with Crippen molar-refractivity contribution in [1.29, 1.82) is 0 Å². The first-order valence-electron chi connectivity index (χ1n) is 12.9. The number of urea groups is 1. The van der Waals surface area contributed by atoms with Gasteiger partial charge in [0.1, 0.15) is 17.9 Å². The number of anilines is 1. The van der Waals surface area contributed by atoms with Crippen LogP contribution in [-0.4, -0.2) is 64.7 Å². The number of nitrogens with zero attached hydrogens (tertiary/aromatic N) is 3. The summed E-state index contributed by atoms with van der Waals surface area (Å²) in [4.78, 5) is 47.3. The Bertz CT molecular complexity index is 1100. The third kappa shape index (κ3) is 4.10. The van der Waals surface area contributed by atoms with E-state index in [4.69, 9.17) is 4.99 Å². The van der Waals surface area contributed by atoms with Crippen LogP contribution in [0.2, 0.25) is 0 Å². The predicted molar refractivity (Wildman–Crippen MR) is 135 cm³/mol. The van der Waals surface area contributed by atoms with Crippen molar-refractivity contribution in [3.8, 4) is 0 Å². The molecular weight excluding hydrogens is 442 g/mol. The summed E-state index contributed by atoms with van der Waals surface area (Å²) in [5.74, 6) is -0.304. The smallest absolute Gasteiger partial charge is 0.317 e. The van der Waals surface area contributed by atoms with E-state index in [1.54, 1.807) is 4.90 Å². The Morgan fingerprint density at radius 2 is 1.77 bits per heavy atom. The maximum Gasteiger partial charge on any atom is 0.317 e. The molecule has 4 amide bonds. The molecule has 2 fully saturated rings. The summed E-state index contributed by atoms with van der Waals surface area (Å²) in [6, 6.07) is 5.95. The lowest BCUT2D eigenvalue weighted by molar-refractivity contribution is -0.133. The minimum Gasteiger partial charge on any atom is -0.336 e. The lowest BCUT2D eigenvalue weighted by Crippen LogP contribution is -2.50. The van der Waals surface area contributed by atoms with Crippen LogP contribution in [0, 0.1) is 5.41 Å². The standard InChI is InChI=1S/C27H37N5O3/c1-25(2,3)22-23(34)32(27(30-22)11-7-5-6-8-12-27)16-21(33)29-20-10-9-18-14-26(15-19(18)13-20)17-28-24(35)31(26)4/h9-10,13H,5-8,11-12,14-17H2,1-4H3,(H,28,35)(H,29,33). The van der Waals surface area contributed by atoms with E-state index in [1.807, 2.05) is 50.9 Å². The van der Waals surface area contributed by atoms with Crippen molar-refractivity contribution in [2.24, 2.45) is 10.4 Å². The molecule has 1 aromatic carbocycles. The number of likely N-dealkylation sites (N-methyl/N-ethyl adjacent to an activating group) is 1. The molecular formula is C27H37N5O3. The molecule has 8 heteroatoms. The van der Waals surface area contributed by atoms with Gasteiger partial charge >= 0.3 is 6.03 Å². The number of nitrogens with one attached hydrogen (secondary N) is 2. The highest BCUT2D eigenvalue weighted by Crippen LogP contribution is 2.41. The largest absolute Gasteiger partial charge is 0.336 e. The Balaban J connectivity index is 1.32. The number of aliphatic imine (C=N–C) groups is 1. The van der Waals surface area contributed by atoms with Crippen molar-refractivity contribution in [3.63, 3.8) is 0 Å². The molecule has 1 atom stereocenters. The van der Waals surface area contributed by atoms with Crippen molar-refractivity contribution >= 4 is 29.2 Å². The van der Waals surface area contributed by atoms with E-state index >= 15 is 0 Å². The minimum absolute atomic E-state index is 0.00406. The number of carbonyl (C=O) groups excluding carboxylic acids is 3. The van der Waals surface area contributed by atoms with E-state index in [0.717, 1.165) is 62.6 Å². The fourth-order valence-electron chi connectivity index (χ4n) is 6.23. The van der Waals surface area contributed by atoms with Gasteiger partial charge in [0.15, 0.2) is 0 Å². The molecule has 2 aliphatic heterocycles. The van der Waals surface area contributed by atoms with Crippen LogP contribution >= 0.6 is 0 Å². The lowest BCUT2D eigenvalue weighted by Gasteiger charge is -2.35. The summed E-state index contributed by atoms with van der Waals surface area (Å²) in [6.45, 7) is 6.68. The predicted octanol–water partition coefficient (Wildman–Crippen LogP) is 3.50. The van der Waals surface area contributed by atoms with Gasteiger partial charge in [-0.05, 0) is 61.8 Å². The zero-order chi connectivity index (χ0) is 25.0. The van der Waals surface area contributed by atoms with Crippen molar-refractivity contribution in [2.75, 3.05) is 25.5 Å². The Kier molecular flexibility index (Phi) is 5.68. The topological polar surface area (TPSA) is 94.1 Å². The van der Waals surface area contributed by atoms with Crippen molar-refractivity contribution in [2.45, 2.75) is 83.3 Å². The van der Waals surface area contributed by atoms with Crippen LogP contribution < -0.4 is 10.6 Å². The fourth-order valence-corrected chi connectivity index (χ4v) is 6.23. The molecule has 8 nitrogen and oxygen atoms in total. The molecule has 0 aromatic heterocycles. The number of rotatable bonds is 3. The van der Waals surface area contributed by atoms with E-state index in [-0.39, 0.29) is 35.3 Å². The molecule has 35 heavy (non-hydrogen) atoms. The second-order valence-corrected chi connectivity index (χ2v) is 11.8. The maximum atomic E-state index is 13.5. The highest BCUT2D eigenvalue weighted by molar-refractivity contribution is 6.42. The first-order valence-corrected chi connectivity index (χ1v) is 12.9. The van der Waals surface area contributed by atoms with Gasteiger partial charge in [0, 0.05) is 24.7 Å². The van der Waals surface area contributed by atoms with Crippen LogP contribution in [0.3, 0.4) is 0 Å². The zero-order valence-corrected chi connectivity index (χ0v) is 21.4. The number of carbonyl (C=O) groups is 3. The van der Waals surface area contributed by atoms with Crippen molar-refractivity contribution in [3.05, 3.63) is 29.3 Å². The van der Waals surface area contributed by atoms with E-state index in [0.29, 0.717) is 12.3 Å². The molecule has 1 saturated carbocycles. The summed E-state index contributed by atoms with van der Waals surface area (Å²) in [6.07, 6.45) is 7.52. The Morgan fingerprint density at radius 3 is 2.40 bits per heavy atom. The van der Waals surface area contributed by atoms with Crippen molar-refractivity contribution < 1.29 is 14.4 Å². The van der Waals surface area contributed by atoms with Gasteiger partial charge < -0.3 is 20.4 Å². The molecule has 188 valence electrons. The van der Waals surface area contributed by atoms with Gasteiger partial charge in [-0.1, -0.05) is 39.7 Å². The van der Waals surface area contributed by atoms with Crippen LogP contribution in [0.15, 0.2) is 23.2 Å². The van der Waals surface area contributed by atoms with E-state index in [1.165, 1.54) is 5.56 Å². The van der Waals surface area contributed by atoms with Crippen LogP contribution in [-0.2, 0) is 22.4 Å². The zero-order valence-electron chi connectivity index (χ0n) is 21.4. The van der Waals surface area contributed by atoms with Gasteiger partial charge in [-0.3, -0.25) is 14.6 Å². The summed E-state index contributed by atoms with van der Waals surface area (Å²) in [7, 11) is 1.85. The number of hydrogen-bond donors (Lipinski definition) is 2.